The van der Waals surface area contributed by atoms with E-state index in [1.165, 1.54) is 38.0 Å². The minimum absolute atomic E-state index is 0.00297. The van der Waals surface area contributed by atoms with Gasteiger partial charge in [0.25, 0.3) is 11.8 Å². The van der Waals surface area contributed by atoms with Gasteiger partial charge in [-0.05, 0) is 51.3 Å². The molecule has 1 aliphatic rings. The summed E-state index contributed by atoms with van der Waals surface area (Å²) >= 11 is 1.17. The zero-order valence-electron chi connectivity index (χ0n) is 26.4. The van der Waals surface area contributed by atoms with Crippen LogP contribution in [0.5, 0.6) is 11.5 Å². The van der Waals surface area contributed by atoms with Crippen LogP contribution in [0.1, 0.15) is 57.2 Å². The van der Waals surface area contributed by atoms with Crippen LogP contribution in [0, 0.1) is 6.92 Å². The molecule has 12 nitrogen and oxygen atoms in total. The molecule has 1 aliphatic heterocycles. The number of nitrogens with zero attached hydrogens (tertiary/aromatic N) is 3. The van der Waals surface area contributed by atoms with Gasteiger partial charge in [-0.25, -0.2) is 9.71 Å². The SMILES string of the molecule is COc1cc(C(=O)N(CCCc2ccccc2)Cc2nc(C(=O)NS(=O)(=O)N(C)CC3COC(C)(C)O3)cs2)cc(OC)c1C. The summed E-state index contributed by atoms with van der Waals surface area (Å²) in [5.74, 6) is -0.882. The third-order valence-electron chi connectivity index (χ3n) is 7.29. The Morgan fingerprint density at radius 1 is 1.13 bits per heavy atom. The maximum Gasteiger partial charge on any atom is 0.303 e. The third kappa shape index (κ3) is 9.01. The standard InChI is InChI=1S/C31H40N4O8S2/c1-21-26(40-5)15-23(16-27(21)41-6)30(37)35(14-10-13-22-11-8-7-9-12-22)18-28-32-25(20-44-28)29(36)33-45(38,39)34(4)17-24-19-42-31(2,3)43-24/h7-9,11-12,15-16,20,24H,10,13-14,17-19H2,1-6H3,(H,33,36). The molecule has 2 heterocycles. The molecule has 1 N–H and O–H groups in total. The summed E-state index contributed by atoms with van der Waals surface area (Å²) in [6, 6.07) is 13.3. The number of methoxy groups -OCH3 is 2. The monoisotopic (exact) mass is 660 g/mol. The second kappa shape index (κ2) is 14.7. The molecule has 3 aromatic rings. The quantitative estimate of drug-likeness (QED) is 0.274. The molecule has 2 aromatic carbocycles. The summed E-state index contributed by atoms with van der Waals surface area (Å²) in [5.41, 5.74) is 2.25. The molecule has 1 unspecified atom stereocenters. The first-order chi connectivity index (χ1) is 21.3. The number of likely N-dealkylation sites (N-methyl/N-ethyl adjacent to an activating group) is 1. The molecule has 1 fully saturated rings. The Labute approximate surface area is 268 Å². The third-order valence-corrected chi connectivity index (χ3v) is 9.54. The minimum Gasteiger partial charge on any atom is -0.496 e. The van der Waals surface area contributed by atoms with Crippen LogP contribution in [-0.4, -0.2) is 87.3 Å². The number of ether oxygens (including phenoxy) is 4. The molecule has 14 heteroatoms. The molecule has 2 amide bonds. The van der Waals surface area contributed by atoms with Crippen LogP contribution >= 0.6 is 11.3 Å². The van der Waals surface area contributed by atoms with E-state index >= 15 is 0 Å². The van der Waals surface area contributed by atoms with Gasteiger partial charge in [0, 0.05) is 36.6 Å². The summed E-state index contributed by atoms with van der Waals surface area (Å²) in [5, 5.41) is 1.95. The highest BCUT2D eigenvalue weighted by atomic mass is 32.2. The molecule has 244 valence electrons. The number of aryl methyl sites for hydroxylation is 1. The van der Waals surface area contributed by atoms with Gasteiger partial charge in [0.15, 0.2) is 5.79 Å². The Morgan fingerprint density at radius 2 is 1.80 bits per heavy atom. The van der Waals surface area contributed by atoms with Crippen LogP contribution < -0.4 is 14.2 Å². The zero-order valence-corrected chi connectivity index (χ0v) is 28.0. The number of nitrogens with one attached hydrogen (secondary N) is 1. The first kappa shape index (κ1) is 34.3. The molecule has 0 radical (unpaired) electrons. The summed E-state index contributed by atoms with van der Waals surface area (Å²) in [7, 11) is 0.242. The first-order valence-electron chi connectivity index (χ1n) is 14.4. The van der Waals surface area contributed by atoms with Crippen LogP contribution in [0.3, 0.4) is 0 Å². The van der Waals surface area contributed by atoms with Gasteiger partial charge in [0.05, 0.1) is 33.5 Å². The van der Waals surface area contributed by atoms with Gasteiger partial charge >= 0.3 is 10.2 Å². The second-order valence-electron chi connectivity index (χ2n) is 11.1. The van der Waals surface area contributed by atoms with E-state index in [1.54, 1.807) is 30.9 Å². The average Bonchev–Trinajstić information content (AvgIpc) is 3.62. The lowest BCUT2D eigenvalue weighted by Crippen LogP contribution is -2.45. The fourth-order valence-corrected chi connectivity index (χ4v) is 6.55. The lowest BCUT2D eigenvalue weighted by Gasteiger charge is -2.23. The largest absolute Gasteiger partial charge is 0.496 e. The van der Waals surface area contributed by atoms with Crippen molar-refractivity contribution in [2.75, 3.05) is 41.0 Å². The van der Waals surface area contributed by atoms with E-state index in [0.717, 1.165) is 21.9 Å². The lowest BCUT2D eigenvalue weighted by molar-refractivity contribution is -0.138. The maximum atomic E-state index is 13.8. The van der Waals surface area contributed by atoms with Crippen molar-refractivity contribution < 1.29 is 37.0 Å². The van der Waals surface area contributed by atoms with Crippen molar-refractivity contribution in [3.05, 3.63) is 75.2 Å². The number of aromatic nitrogens is 1. The van der Waals surface area contributed by atoms with E-state index in [0.29, 0.717) is 35.0 Å². The molecule has 0 saturated carbocycles. The molecule has 0 aliphatic carbocycles. The maximum absolute atomic E-state index is 13.8. The molecule has 0 bridgehead atoms. The van der Waals surface area contributed by atoms with Crippen LogP contribution in [0.25, 0.3) is 0 Å². The number of benzene rings is 2. The highest BCUT2D eigenvalue weighted by Crippen LogP contribution is 2.30. The van der Waals surface area contributed by atoms with Gasteiger partial charge in [-0.3, -0.25) is 9.59 Å². The van der Waals surface area contributed by atoms with Gasteiger partial charge in [-0.2, -0.15) is 12.7 Å². The van der Waals surface area contributed by atoms with Crippen molar-refractivity contribution in [2.24, 2.45) is 0 Å². The first-order valence-corrected chi connectivity index (χ1v) is 16.7. The van der Waals surface area contributed by atoms with Crippen molar-refractivity contribution >= 4 is 33.4 Å². The summed E-state index contributed by atoms with van der Waals surface area (Å²) in [6.45, 7) is 6.11. The van der Waals surface area contributed by atoms with E-state index in [2.05, 4.69) is 9.71 Å². The summed E-state index contributed by atoms with van der Waals surface area (Å²) in [4.78, 5) is 32.8. The number of carbonyl (C=O) groups is 2. The number of carbonyl (C=O) groups excluding carboxylic acids is 2. The normalized spacial score (nSPS) is 16.0. The van der Waals surface area contributed by atoms with Crippen molar-refractivity contribution in [1.82, 2.24) is 18.9 Å². The van der Waals surface area contributed by atoms with E-state index in [-0.39, 0.29) is 31.3 Å². The number of amides is 2. The Bertz CT molecular complexity index is 1570. The predicted molar refractivity (Wildman–Crippen MR) is 170 cm³/mol. The van der Waals surface area contributed by atoms with Crippen LogP contribution in [0.2, 0.25) is 0 Å². The van der Waals surface area contributed by atoms with E-state index in [4.69, 9.17) is 18.9 Å². The summed E-state index contributed by atoms with van der Waals surface area (Å²) in [6.07, 6.45) is 0.977. The van der Waals surface area contributed by atoms with Crippen molar-refractivity contribution in [3.8, 4) is 11.5 Å². The van der Waals surface area contributed by atoms with Crippen molar-refractivity contribution in [3.63, 3.8) is 0 Å². The van der Waals surface area contributed by atoms with Gasteiger partial charge in [0.1, 0.15) is 22.2 Å². The predicted octanol–water partition coefficient (Wildman–Crippen LogP) is 3.80. The van der Waals surface area contributed by atoms with Crippen LogP contribution in [-0.2, 0) is 32.6 Å². The molecule has 0 spiro atoms. The van der Waals surface area contributed by atoms with Gasteiger partial charge < -0.3 is 23.8 Å². The van der Waals surface area contributed by atoms with E-state index in [1.807, 2.05) is 37.3 Å². The molecular weight excluding hydrogens is 620 g/mol. The molecular formula is C31H40N4O8S2. The number of thiazole rings is 1. The molecule has 45 heavy (non-hydrogen) atoms. The average molecular weight is 661 g/mol. The van der Waals surface area contributed by atoms with E-state index in [9.17, 15) is 18.0 Å². The topological polar surface area (TPSA) is 137 Å². The minimum atomic E-state index is -4.18. The van der Waals surface area contributed by atoms with E-state index < -0.39 is 28.0 Å². The highest BCUT2D eigenvalue weighted by Gasteiger charge is 2.35. The number of hydrogen-bond donors (Lipinski definition) is 1. The Hall–Kier alpha value is -3.56. The molecule has 1 saturated heterocycles. The molecule has 1 aromatic heterocycles. The Balaban J connectivity index is 1.47. The number of rotatable bonds is 14. The smallest absolute Gasteiger partial charge is 0.303 e. The van der Waals surface area contributed by atoms with Crippen molar-refractivity contribution in [1.29, 1.82) is 0 Å². The lowest BCUT2D eigenvalue weighted by atomic mass is 10.1. The zero-order chi connectivity index (χ0) is 32.8. The molecule has 1 atom stereocenters. The highest BCUT2D eigenvalue weighted by molar-refractivity contribution is 7.87. The fraction of sp³-hybridized carbons (Fsp3) is 0.452. The van der Waals surface area contributed by atoms with Gasteiger partial charge in [0.2, 0.25) is 0 Å². The Morgan fingerprint density at radius 3 is 2.40 bits per heavy atom. The Kier molecular flexibility index (Phi) is 11.2. The molecule has 4 rings (SSSR count). The van der Waals surface area contributed by atoms with Crippen LogP contribution in [0.4, 0.5) is 0 Å². The fourth-order valence-electron chi connectivity index (χ4n) is 4.90. The second-order valence-corrected chi connectivity index (χ2v) is 13.8. The van der Waals surface area contributed by atoms with Gasteiger partial charge in [-0.15, -0.1) is 11.3 Å². The van der Waals surface area contributed by atoms with Crippen LogP contribution in [0.15, 0.2) is 47.8 Å². The number of hydrogen-bond acceptors (Lipinski definition) is 10. The van der Waals surface area contributed by atoms with Gasteiger partial charge in [-0.1, -0.05) is 30.3 Å². The van der Waals surface area contributed by atoms with Crippen molar-refractivity contribution in [2.45, 2.75) is 52.0 Å². The summed E-state index contributed by atoms with van der Waals surface area (Å²) < 4.78 is 50.9.